The lowest BCUT2D eigenvalue weighted by molar-refractivity contribution is -0.222. The van der Waals surface area contributed by atoms with Crippen LogP contribution in [0.15, 0.2) is 23.8 Å². The molecule has 1 aromatic rings. The topological polar surface area (TPSA) is 61.8 Å². The van der Waals surface area contributed by atoms with E-state index in [1.807, 2.05) is 0 Å². The van der Waals surface area contributed by atoms with Crippen LogP contribution in [0.25, 0.3) is 6.08 Å². The van der Waals surface area contributed by atoms with Crippen LogP contribution in [-0.4, -0.2) is 30.8 Å². The second-order valence-corrected chi connectivity index (χ2v) is 5.57. The minimum Gasteiger partial charge on any atom is -0.451 e. The van der Waals surface area contributed by atoms with Crippen molar-refractivity contribution in [1.82, 2.24) is 0 Å². The average Bonchev–Trinajstić information content (AvgIpc) is 2.53. The Morgan fingerprint density at radius 1 is 1.19 bits per heavy atom. The third-order valence-electron chi connectivity index (χ3n) is 3.63. The lowest BCUT2D eigenvalue weighted by atomic mass is 9.91. The Hall–Kier alpha value is -2.58. The molecule has 1 aromatic carbocycles. The molecule has 26 heavy (non-hydrogen) atoms. The van der Waals surface area contributed by atoms with Gasteiger partial charge >= 0.3 is 24.7 Å². The minimum absolute atomic E-state index is 0.0813. The number of benzene rings is 1. The van der Waals surface area contributed by atoms with Crippen molar-refractivity contribution in [2.24, 2.45) is 0 Å². The van der Waals surface area contributed by atoms with Gasteiger partial charge in [-0.05, 0) is 37.5 Å². The van der Waals surface area contributed by atoms with Gasteiger partial charge in [0.2, 0.25) is 0 Å². The summed E-state index contributed by atoms with van der Waals surface area (Å²) in [5.41, 5.74) is 0.0683. The molecule has 1 aliphatic carbocycles. The lowest BCUT2D eigenvalue weighted by Crippen LogP contribution is -2.35. The van der Waals surface area contributed by atoms with Crippen LogP contribution in [-0.2, 0) is 25.5 Å². The predicted octanol–water partition coefficient (Wildman–Crippen LogP) is 3.71. The summed E-state index contributed by atoms with van der Waals surface area (Å²) in [6, 6.07) is 4.32. The molecule has 0 spiro atoms. The number of halogens is 4. The van der Waals surface area contributed by atoms with E-state index in [-0.39, 0.29) is 24.2 Å². The number of carbonyl (C=O) groups excluding carboxylic acids is 2. The van der Waals surface area contributed by atoms with Gasteiger partial charge in [0, 0.05) is 18.1 Å². The summed E-state index contributed by atoms with van der Waals surface area (Å²) >= 11 is 0. The highest BCUT2D eigenvalue weighted by Gasteiger charge is 2.41. The summed E-state index contributed by atoms with van der Waals surface area (Å²) in [4.78, 5) is 22.4. The second-order valence-electron chi connectivity index (χ2n) is 5.57. The van der Waals surface area contributed by atoms with Gasteiger partial charge < -0.3 is 14.2 Å². The molecule has 0 aliphatic heterocycles. The van der Waals surface area contributed by atoms with Crippen molar-refractivity contribution < 1.29 is 41.4 Å². The third kappa shape index (κ3) is 4.74. The number of esters is 2. The molecule has 9 heteroatoms. The highest BCUT2D eigenvalue weighted by atomic mass is 19.3. The Labute approximate surface area is 146 Å². The van der Waals surface area contributed by atoms with Crippen LogP contribution in [0.1, 0.15) is 31.4 Å². The van der Waals surface area contributed by atoms with Gasteiger partial charge in [-0.1, -0.05) is 12.1 Å². The van der Waals surface area contributed by atoms with Gasteiger partial charge in [0.05, 0.1) is 0 Å². The summed E-state index contributed by atoms with van der Waals surface area (Å²) < 4.78 is 66.6. The van der Waals surface area contributed by atoms with Crippen molar-refractivity contribution in [1.29, 1.82) is 0 Å². The van der Waals surface area contributed by atoms with E-state index in [0.29, 0.717) is 5.56 Å². The van der Waals surface area contributed by atoms with Crippen LogP contribution in [0.3, 0.4) is 0 Å². The fourth-order valence-electron chi connectivity index (χ4n) is 2.49. The number of aryl methyl sites for hydroxylation is 1. The number of hydrogen-bond acceptors (Lipinski definition) is 5. The Morgan fingerprint density at radius 2 is 1.88 bits per heavy atom. The average molecular weight is 376 g/mol. The molecular formula is C17H16F4O5. The highest BCUT2D eigenvalue weighted by Crippen LogP contribution is 2.38. The highest BCUT2D eigenvalue weighted by molar-refractivity contribution is 5.78. The Bertz CT molecular complexity index is 730. The molecule has 1 aliphatic rings. The van der Waals surface area contributed by atoms with Gasteiger partial charge in [0.15, 0.2) is 6.10 Å². The van der Waals surface area contributed by atoms with Crippen LogP contribution in [0, 0.1) is 0 Å². The zero-order valence-corrected chi connectivity index (χ0v) is 13.9. The summed E-state index contributed by atoms with van der Waals surface area (Å²) in [6.07, 6.45) is -4.53. The van der Waals surface area contributed by atoms with E-state index in [1.165, 1.54) is 12.1 Å². The normalized spacial score (nSPS) is 15.0. The molecule has 2 rings (SSSR count). The zero-order valence-electron chi connectivity index (χ0n) is 13.9. The van der Waals surface area contributed by atoms with Crippen molar-refractivity contribution in [3.63, 3.8) is 0 Å². The number of alkyl halides is 4. The van der Waals surface area contributed by atoms with Gasteiger partial charge in [-0.3, -0.25) is 4.79 Å². The molecule has 0 N–H and O–H groups in total. The van der Waals surface area contributed by atoms with E-state index in [4.69, 9.17) is 0 Å². The van der Waals surface area contributed by atoms with Crippen molar-refractivity contribution in [3.05, 3.63) is 34.9 Å². The molecule has 1 unspecified atom stereocenters. The first-order chi connectivity index (χ1) is 12.1. The molecule has 0 heterocycles. The van der Waals surface area contributed by atoms with Crippen LogP contribution in [0.2, 0.25) is 0 Å². The van der Waals surface area contributed by atoms with Crippen molar-refractivity contribution in [3.8, 4) is 5.75 Å². The first kappa shape index (κ1) is 19.7. The molecule has 0 fully saturated rings. The Morgan fingerprint density at radius 3 is 2.50 bits per heavy atom. The van der Waals surface area contributed by atoms with Gasteiger partial charge in [-0.25, -0.2) is 4.79 Å². The number of rotatable bonds is 6. The molecule has 0 radical (unpaired) electrons. The summed E-state index contributed by atoms with van der Waals surface area (Å²) in [6.45, 7) is -0.991. The maximum atomic E-state index is 14.3. The first-order valence-electron chi connectivity index (χ1n) is 7.66. The van der Waals surface area contributed by atoms with E-state index in [2.05, 4.69) is 14.2 Å². The minimum atomic E-state index is -3.98. The van der Waals surface area contributed by atoms with Crippen LogP contribution in [0.5, 0.6) is 5.75 Å². The molecule has 1 atom stereocenters. The summed E-state index contributed by atoms with van der Waals surface area (Å²) in [5, 5.41) is 0. The maximum Gasteiger partial charge on any atom is 0.425 e. The molecule has 5 nitrogen and oxygen atoms in total. The van der Waals surface area contributed by atoms with Gasteiger partial charge in [-0.2, -0.15) is 17.6 Å². The van der Waals surface area contributed by atoms with Gasteiger partial charge in [0.25, 0.3) is 0 Å². The number of ether oxygens (including phenoxy) is 3. The van der Waals surface area contributed by atoms with E-state index < -0.39 is 36.3 Å². The Kier molecular flexibility index (Phi) is 5.89. The van der Waals surface area contributed by atoms with Crippen LogP contribution in [0.4, 0.5) is 17.6 Å². The van der Waals surface area contributed by atoms with Gasteiger partial charge in [0.1, 0.15) is 5.75 Å². The quantitative estimate of drug-likeness (QED) is 0.560. The lowest BCUT2D eigenvalue weighted by Gasteiger charge is -2.25. The fraction of sp³-hybridized carbons (Fsp3) is 0.412. The number of carbonyl (C=O) groups is 2. The molecule has 0 saturated carbocycles. The van der Waals surface area contributed by atoms with E-state index in [1.54, 1.807) is 6.07 Å². The molecule has 0 amide bonds. The third-order valence-corrected chi connectivity index (χ3v) is 3.63. The second kappa shape index (κ2) is 7.76. The van der Waals surface area contributed by atoms with Crippen molar-refractivity contribution >= 4 is 18.0 Å². The number of hydrogen-bond donors (Lipinski definition) is 0. The zero-order chi connectivity index (χ0) is 19.5. The number of fused-ring (bicyclic) bond motifs is 1. The largest absolute Gasteiger partial charge is 0.451 e. The molecule has 0 bridgehead atoms. The van der Waals surface area contributed by atoms with Gasteiger partial charge in [-0.15, -0.1) is 0 Å². The predicted molar refractivity (Wildman–Crippen MR) is 81.6 cm³/mol. The van der Waals surface area contributed by atoms with E-state index in [0.717, 1.165) is 19.9 Å². The molecule has 142 valence electrons. The standard InChI is InChI=1S/C17H16F4O5/c1-9(24-10(2)22)15(23)26-17(20,21)12-7-6-11-4-3-5-14(13(11)8-12)25-16(18)19/h3-5,8-9,16H,6-7H2,1-2H3. The fourth-order valence-corrected chi connectivity index (χ4v) is 2.49. The monoisotopic (exact) mass is 376 g/mol. The molecule has 0 saturated heterocycles. The molecule has 0 aromatic heterocycles. The molecular weight excluding hydrogens is 360 g/mol. The maximum absolute atomic E-state index is 14.3. The summed E-state index contributed by atoms with van der Waals surface area (Å²) in [5.74, 6) is -2.49. The SMILES string of the molecule is CC(=O)OC(C)C(=O)OC(F)(F)C1=Cc2c(cccc2OC(F)F)CC1. The van der Waals surface area contributed by atoms with Crippen molar-refractivity contribution in [2.45, 2.75) is 45.5 Å². The first-order valence-corrected chi connectivity index (χ1v) is 7.66. The van der Waals surface area contributed by atoms with E-state index in [9.17, 15) is 27.2 Å². The smallest absolute Gasteiger partial charge is 0.425 e. The van der Waals surface area contributed by atoms with Crippen LogP contribution < -0.4 is 4.74 Å². The van der Waals surface area contributed by atoms with E-state index >= 15 is 0 Å². The van der Waals surface area contributed by atoms with Crippen LogP contribution >= 0.6 is 0 Å². The Balaban J connectivity index is 2.24. The summed E-state index contributed by atoms with van der Waals surface area (Å²) in [7, 11) is 0. The van der Waals surface area contributed by atoms with Crippen molar-refractivity contribution in [2.75, 3.05) is 0 Å².